The van der Waals surface area contributed by atoms with Crippen LogP contribution in [0.2, 0.25) is 0 Å². The van der Waals surface area contributed by atoms with Crippen molar-refractivity contribution >= 4 is 27.5 Å². The minimum Gasteiger partial charge on any atom is -0.340 e. The van der Waals surface area contributed by atoms with Crippen LogP contribution in [0.25, 0.3) is 0 Å². The van der Waals surface area contributed by atoms with Crippen molar-refractivity contribution < 1.29 is 13.2 Å². The molecule has 2 saturated heterocycles. The van der Waals surface area contributed by atoms with Gasteiger partial charge in [0.25, 0.3) is 0 Å². The van der Waals surface area contributed by atoms with Gasteiger partial charge in [0, 0.05) is 30.5 Å². The fourth-order valence-electron chi connectivity index (χ4n) is 4.31. The standard InChI is InChI=1S/C20H28N6O3S/c1-13-9-14(2)22-20(21-13)25-7-4-5-16(11-25)19(27)23-18-10-15(3)24-26(18)17-6-8-30(28,29)12-17/h9-10,16-17H,4-8,11-12H2,1-3H3,(H,23,27)/t16-,17+/m0/s1. The lowest BCUT2D eigenvalue weighted by molar-refractivity contribution is -0.120. The zero-order chi connectivity index (χ0) is 21.5. The Labute approximate surface area is 176 Å². The molecule has 4 rings (SSSR count). The Morgan fingerprint density at radius 2 is 1.83 bits per heavy atom. The zero-order valence-corrected chi connectivity index (χ0v) is 18.4. The van der Waals surface area contributed by atoms with Crippen LogP contribution >= 0.6 is 0 Å². The van der Waals surface area contributed by atoms with E-state index in [1.165, 1.54) is 0 Å². The molecule has 0 unspecified atom stereocenters. The first-order chi connectivity index (χ1) is 14.2. The molecule has 0 saturated carbocycles. The van der Waals surface area contributed by atoms with Gasteiger partial charge in [0.1, 0.15) is 5.82 Å². The molecule has 0 aromatic carbocycles. The highest BCUT2D eigenvalue weighted by molar-refractivity contribution is 7.91. The second-order valence-electron chi connectivity index (χ2n) is 8.40. The van der Waals surface area contributed by atoms with Gasteiger partial charge in [0.05, 0.1) is 29.2 Å². The van der Waals surface area contributed by atoms with Crippen LogP contribution in [0.3, 0.4) is 0 Å². The molecule has 4 heterocycles. The summed E-state index contributed by atoms with van der Waals surface area (Å²) in [6, 6.07) is 3.51. The first-order valence-corrected chi connectivity index (χ1v) is 12.2. The molecule has 1 N–H and O–H groups in total. The Balaban J connectivity index is 1.48. The number of carbonyl (C=O) groups excluding carboxylic acids is 1. The monoisotopic (exact) mass is 432 g/mol. The summed E-state index contributed by atoms with van der Waals surface area (Å²) in [6.07, 6.45) is 2.19. The summed E-state index contributed by atoms with van der Waals surface area (Å²) in [5, 5.41) is 7.44. The number of amides is 1. The number of aromatic nitrogens is 4. The van der Waals surface area contributed by atoms with Crippen molar-refractivity contribution in [3.8, 4) is 0 Å². The van der Waals surface area contributed by atoms with Crippen LogP contribution in [0.15, 0.2) is 12.1 Å². The van der Waals surface area contributed by atoms with Crippen molar-refractivity contribution in [3.63, 3.8) is 0 Å². The van der Waals surface area contributed by atoms with Gasteiger partial charge in [-0.25, -0.2) is 23.1 Å². The predicted molar refractivity (Wildman–Crippen MR) is 114 cm³/mol. The number of nitrogens with one attached hydrogen (secondary N) is 1. The highest BCUT2D eigenvalue weighted by Crippen LogP contribution is 2.28. The summed E-state index contributed by atoms with van der Waals surface area (Å²) in [6.45, 7) is 7.11. The van der Waals surface area contributed by atoms with Crippen molar-refractivity contribution in [2.75, 3.05) is 34.8 Å². The SMILES string of the molecule is Cc1cc(C)nc(N2CCC[C@H](C(=O)Nc3cc(C)nn3[C@@H]3CCS(=O)(=O)C3)C2)n1. The van der Waals surface area contributed by atoms with E-state index in [0.717, 1.165) is 36.5 Å². The van der Waals surface area contributed by atoms with E-state index in [2.05, 4.69) is 25.3 Å². The molecule has 0 aliphatic carbocycles. The highest BCUT2D eigenvalue weighted by Gasteiger charge is 2.33. The van der Waals surface area contributed by atoms with Crippen molar-refractivity contribution in [2.45, 2.75) is 46.1 Å². The van der Waals surface area contributed by atoms with Crippen LogP contribution in [0.4, 0.5) is 11.8 Å². The number of anilines is 2. The normalized spacial score (nSPS) is 23.5. The molecule has 10 heteroatoms. The first kappa shape index (κ1) is 20.8. The molecule has 2 aliphatic heterocycles. The highest BCUT2D eigenvalue weighted by atomic mass is 32.2. The second kappa shape index (κ2) is 7.98. The van der Waals surface area contributed by atoms with E-state index >= 15 is 0 Å². The molecule has 2 aliphatic rings. The second-order valence-corrected chi connectivity index (χ2v) is 10.6. The summed E-state index contributed by atoms with van der Waals surface area (Å²) in [5.74, 6) is 1.20. The average molecular weight is 433 g/mol. The van der Waals surface area contributed by atoms with Crippen LogP contribution in [0.1, 0.15) is 42.4 Å². The van der Waals surface area contributed by atoms with E-state index < -0.39 is 9.84 Å². The molecule has 2 aromatic heterocycles. The quantitative estimate of drug-likeness (QED) is 0.784. The van der Waals surface area contributed by atoms with Gasteiger partial charge in [-0.15, -0.1) is 0 Å². The van der Waals surface area contributed by atoms with E-state index in [1.807, 2.05) is 26.8 Å². The number of nitrogens with zero attached hydrogens (tertiary/aromatic N) is 5. The largest absolute Gasteiger partial charge is 0.340 e. The molecule has 162 valence electrons. The lowest BCUT2D eigenvalue weighted by Gasteiger charge is -2.32. The molecule has 0 spiro atoms. The van der Waals surface area contributed by atoms with E-state index in [9.17, 15) is 13.2 Å². The topological polar surface area (TPSA) is 110 Å². The van der Waals surface area contributed by atoms with Gasteiger partial charge in [0.15, 0.2) is 9.84 Å². The third kappa shape index (κ3) is 4.48. The van der Waals surface area contributed by atoms with Gasteiger partial charge in [-0.1, -0.05) is 0 Å². The maximum absolute atomic E-state index is 13.0. The van der Waals surface area contributed by atoms with E-state index in [-0.39, 0.29) is 29.4 Å². The third-order valence-corrected chi connectivity index (χ3v) is 7.46. The minimum atomic E-state index is -3.04. The predicted octanol–water partition coefficient (Wildman–Crippen LogP) is 1.81. The van der Waals surface area contributed by atoms with E-state index in [0.29, 0.717) is 24.7 Å². The van der Waals surface area contributed by atoms with Crippen LogP contribution in [-0.4, -0.2) is 58.7 Å². The summed E-state index contributed by atoms with van der Waals surface area (Å²) in [5.41, 5.74) is 2.58. The number of carbonyl (C=O) groups is 1. The molecule has 9 nitrogen and oxygen atoms in total. The summed E-state index contributed by atoms with van der Waals surface area (Å²) >= 11 is 0. The number of hydrogen-bond donors (Lipinski definition) is 1. The summed E-state index contributed by atoms with van der Waals surface area (Å²) in [4.78, 5) is 24.2. The Morgan fingerprint density at radius 1 is 1.10 bits per heavy atom. The van der Waals surface area contributed by atoms with Crippen molar-refractivity contribution in [3.05, 3.63) is 29.2 Å². The van der Waals surface area contributed by atoms with Crippen LogP contribution in [0, 0.1) is 26.7 Å². The average Bonchev–Trinajstić information content (AvgIpc) is 3.22. The smallest absolute Gasteiger partial charge is 0.230 e. The van der Waals surface area contributed by atoms with Crippen LogP contribution < -0.4 is 10.2 Å². The minimum absolute atomic E-state index is 0.0677. The Morgan fingerprint density at radius 3 is 2.50 bits per heavy atom. The number of rotatable bonds is 4. The Bertz CT molecular complexity index is 1040. The summed E-state index contributed by atoms with van der Waals surface area (Å²) < 4.78 is 25.4. The van der Waals surface area contributed by atoms with Crippen molar-refractivity contribution in [1.82, 2.24) is 19.7 Å². The molecular formula is C20H28N6O3S. The molecule has 1 amide bonds. The molecule has 0 bridgehead atoms. The van der Waals surface area contributed by atoms with E-state index in [1.54, 1.807) is 10.7 Å². The van der Waals surface area contributed by atoms with Crippen LogP contribution in [-0.2, 0) is 14.6 Å². The molecule has 0 radical (unpaired) electrons. The van der Waals surface area contributed by atoms with Gasteiger partial charge < -0.3 is 10.2 Å². The van der Waals surface area contributed by atoms with Crippen LogP contribution in [0.5, 0.6) is 0 Å². The van der Waals surface area contributed by atoms with Crippen molar-refractivity contribution in [1.29, 1.82) is 0 Å². The van der Waals surface area contributed by atoms with Gasteiger partial charge >= 0.3 is 0 Å². The number of hydrogen-bond acceptors (Lipinski definition) is 7. The van der Waals surface area contributed by atoms with E-state index in [4.69, 9.17) is 0 Å². The molecule has 30 heavy (non-hydrogen) atoms. The van der Waals surface area contributed by atoms with Gasteiger partial charge in [-0.3, -0.25) is 4.79 Å². The van der Waals surface area contributed by atoms with Crippen molar-refractivity contribution in [2.24, 2.45) is 5.92 Å². The molecule has 2 atom stereocenters. The third-order valence-electron chi connectivity index (χ3n) is 5.71. The van der Waals surface area contributed by atoms with Gasteiger partial charge in [-0.2, -0.15) is 5.10 Å². The number of aryl methyl sites for hydroxylation is 3. The summed E-state index contributed by atoms with van der Waals surface area (Å²) in [7, 11) is -3.04. The lowest BCUT2D eigenvalue weighted by atomic mass is 9.97. The molecule has 2 aromatic rings. The lowest BCUT2D eigenvalue weighted by Crippen LogP contribution is -2.42. The van der Waals surface area contributed by atoms with Gasteiger partial charge in [0.2, 0.25) is 11.9 Å². The fraction of sp³-hybridized carbons (Fsp3) is 0.600. The maximum atomic E-state index is 13.0. The maximum Gasteiger partial charge on any atom is 0.230 e. The first-order valence-electron chi connectivity index (χ1n) is 10.3. The Hall–Kier alpha value is -2.49. The Kier molecular flexibility index (Phi) is 5.52. The fourth-order valence-corrected chi connectivity index (χ4v) is 6.00. The number of sulfone groups is 1. The zero-order valence-electron chi connectivity index (χ0n) is 17.6. The van der Waals surface area contributed by atoms with Gasteiger partial charge in [-0.05, 0) is 46.1 Å². The molecule has 2 fully saturated rings. The number of piperidine rings is 1. The molecular weight excluding hydrogens is 404 g/mol.